The number of carboxylic acid groups (broad SMARTS) is 1. The van der Waals surface area contributed by atoms with Crippen LogP contribution in [0.2, 0.25) is 0 Å². The summed E-state index contributed by atoms with van der Waals surface area (Å²) >= 11 is 0. The highest BCUT2D eigenvalue weighted by atomic mass is 16.5. The molecule has 7 heteroatoms. The molecule has 2 atom stereocenters. The number of methoxy groups -OCH3 is 1. The van der Waals surface area contributed by atoms with Gasteiger partial charge in [-0.05, 0) is 25.7 Å². The van der Waals surface area contributed by atoms with Crippen LogP contribution < -0.4 is 0 Å². The van der Waals surface area contributed by atoms with Gasteiger partial charge in [-0.2, -0.15) is 0 Å². The maximum Gasteiger partial charge on any atom is 0.326 e. The molecule has 2 saturated heterocycles. The van der Waals surface area contributed by atoms with E-state index in [0.29, 0.717) is 32.5 Å². The molecule has 2 unspecified atom stereocenters. The summed E-state index contributed by atoms with van der Waals surface area (Å²) in [5.41, 5.74) is 0. The van der Waals surface area contributed by atoms with Crippen LogP contribution in [0.25, 0.3) is 0 Å². The SMILES string of the molecule is COC(=O)C1CCN(C(=O)N2CCCCC2C(=O)O)C1. The second kappa shape index (κ2) is 6.11. The highest BCUT2D eigenvalue weighted by molar-refractivity contribution is 5.84. The van der Waals surface area contributed by atoms with Crippen LogP contribution in [-0.2, 0) is 14.3 Å². The number of carbonyl (C=O) groups is 3. The van der Waals surface area contributed by atoms with Gasteiger partial charge in [-0.15, -0.1) is 0 Å². The minimum atomic E-state index is -0.957. The fraction of sp³-hybridized carbons (Fsp3) is 0.769. The molecule has 0 radical (unpaired) electrons. The number of urea groups is 1. The van der Waals surface area contributed by atoms with Gasteiger partial charge in [-0.25, -0.2) is 9.59 Å². The first-order valence-electron chi connectivity index (χ1n) is 6.90. The first-order chi connectivity index (χ1) is 9.54. The van der Waals surface area contributed by atoms with Gasteiger partial charge in [0.05, 0.1) is 13.0 Å². The number of carboxylic acids is 1. The van der Waals surface area contributed by atoms with E-state index in [-0.39, 0.29) is 17.9 Å². The number of likely N-dealkylation sites (tertiary alicyclic amines) is 2. The Morgan fingerprint density at radius 2 is 1.90 bits per heavy atom. The summed E-state index contributed by atoms with van der Waals surface area (Å²) in [7, 11) is 1.33. The van der Waals surface area contributed by atoms with Crippen molar-refractivity contribution in [3.05, 3.63) is 0 Å². The van der Waals surface area contributed by atoms with E-state index in [1.807, 2.05) is 0 Å². The van der Waals surface area contributed by atoms with E-state index in [0.717, 1.165) is 12.8 Å². The second-order valence-electron chi connectivity index (χ2n) is 5.28. The monoisotopic (exact) mass is 284 g/mol. The van der Waals surface area contributed by atoms with Crippen LogP contribution in [0.5, 0.6) is 0 Å². The Balaban J connectivity index is 2.00. The zero-order chi connectivity index (χ0) is 14.7. The van der Waals surface area contributed by atoms with E-state index >= 15 is 0 Å². The van der Waals surface area contributed by atoms with Crippen LogP contribution in [0.4, 0.5) is 4.79 Å². The van der Waals surface area contributed by atoms with Crippen LogP contribution in [0.1, 0.15) is 25.7 Å². The topological polar surface area (TPSA) is 87.2 Å². The number of rotatable bonds is 2. The van der Waals surface area contributed by atoms with E-state index in [1.54, 1.807) is 4.90 Å². The third-order valence-electron chi connectivity index (χ3n) is 4.03. The zero-order valence-electron chi connectivity index (χ0n) is 11.6. The minimum Gasteiger partial charge on any atom is -0.480 e. The third kappa shape index (κ3) is 2.86. The highest BCUT2D eigenvalue weighted by Gasteiger charge is 2.38. The number of amides is 2. The average Bonchev–Trinajstić information content (AvgIpc) is 2.95. The Morgan fingerprint density at radius 1 is 1.15 bits per heavy atom. The van der Waals surface area contributed by atoms with Crippen molar-refractivity contribution in [2.45, 2.75) is 31.7 Å². The van der Waals surface area contributed by atoms with E-state index in [4.69, 9.17) is 0 Å². The van der Waals surface area contributed by atoms with Gasteiger partial charge in [0, 0.05) is 19.6 Å². The molecule has 0 spiro atoms. The normalized spacial score (nSPS) is 26.4. The summed E-state index contributed by atoms with van der Waals surface area (Å²) in [6, 6.07) is -1.02. The predicted octanol–water partition coefficient (Wildman–Crippen LogP) is 0.540. The number of hydrogen-bond acceptors (Lipinski definition) is 4. The summed E-state index contributed by atoms with van der Waals surface area (Å²) in [6.45, 7) is 1.25. The molecule has 2 rings (SSSR count). The number of piperidine rings is 1. The second-order valence-corrected chi connectivity index (χ2v) is 5.28. The molecule has 2 fully saturated rings. The van der Waals surface area contributed by atoms with Crippen molar-refractivity contribution in [1.29, 1.82) is 0 Å². The van der Waals surface area contributed by atoms with Crippen LogP contribution in [0.15, 0.2) is 0 Å². The van der Waals surface area contributed by atoms with Crippen LogP contribution >= 0.6 is 0 Å². The molecule has 20 heavy (non-hydrogen) atoms. The van der Waals surface area contributed by atoms with E-state index in [1.165, 1.54) is 12.0 Å². The van der Waals surface area contributed by atoms with Gasteiger partial charge in [0.15, 0.2) is 0 Å². The number of esters is 1. The molecule has 0 aromatic carbocycles. The first-order valence-corrected chi connectivity index (χ1v) is 6.90. The van der Waals surface area contributed by atoms with Crippen LogP contribution in [0.3, 0.4) is 0 Å². The van der Waals surface area contributed by atoms with Gasteiger partial charge in [0.2, 0.25) is 0 Å². The van der Waals surface area contributed by atoms with Crippen molar-refractivity contribution in [2.24, 2.45) is 5.92 Å². The number of hydrogen-bond donors (Lipinski definition) is 1. The van der Waals surface area contributed by atoms with Crippen molar-refractivity contribution in [1.82, 2.24) is 9.80 Å². The molecule has 0 saturated carbocycles. The van der Waals surface area contributed by atoms with Gasteiger partial charge in [-0.3, -0.25) is 4.79 Å². The lowest BCUT2D eigenvalue weighted by Crippen LogP contribution is -2.52. The molecule has 2 aliphatic heterocycles. The Hall–Kier alpha value is -1.79. The Bertz CT molecular complexity index is 412. The molecule has 0 aliphatic carbocycles. The molecule has 112 valence electrons. The van der Waals surface area contributed by atoms with Crippen molar-refractivity contribution >= 4 is 18.0 Å². The summed E-state index contributed by atoms with van der Waals surface area (Å²) in [4.78, 5) is 38.1. The summed E-state index contributed by atoms with van der Waals surface area (Å²) in [5.74, 6) is -1.56. The number of nitrogens with zero attached hydrogens (tertiary/aromatic N) is 2. The largest absolute Gasteiger partial charge is 0.480 e. The Morgan fingerprint density at radius 3 is 2.55 bits per heavy atom. The van der Waals surface area contributed by atoms with Gasteiger partial charge < -0.3 is 19.6 Å². The molecular formula is C13H20N2O5. The molecule has 7 nitrogen and oxygen atoms in total. The molecule has 0 aromatic heterocycles. The number of ether oxygens (including phenoxy) is 1. The van der Waals surface area contributed by atoms with Crippen molar-refractivity contribution in [3.63, 3.8) is 0 Å². The maximum absolute atomic E-state index is 12.4. The van der Waals surface area contributed by atoms with Crippen molar-refractivity contribution in [2.75, 3.05) is 26.7 Å². The quantitative estimate of drug-likeness (QED) is 0.748. The van der Waals surface area contributed by atoms with Crippen molar-refractivity contribution < 1.29 is 24.2 Å². The summed E-state index contributed by atoms with van der Waals surface area (Å²) < 4.78 is 4.68. The summed E-state index contributed by atoms with van der Waals surface area (Å²) in [5, 5.41) is 9.19. The van der Waals surface area contributed by atoms with Gasteiger partial charge in [0.25, 0.3) is 0 Å². The Kier molecular flexibility index (Phi) is 4.46. The molecule has 1 N–H and O–H groups in total. The molecule has 0 bridgehead atoms. The fourth-order valence-corrected chi connectivity index (χ4v) is 2.89. The molecule has 2 aliphatic rings. The standard InChI is InChI=1S/C13H20N2O5/c1-20-12(18)9-5-7-14(8-9)13(19)15-6-3-2-4-10(15)11(16)17/h9-10H,2-8H2,1H3,(H,16,17). The summed E-state index contributed by atoms with van der Waals surface area (Å²) in [6.07, 6.45) is 2.72. The van der Waals surface area contributed by atoms with Gasteiger partial charge >= 0.3 is 18.0 Å². The first kappa shape index (κ1) is 14.6. The number of aliphatic carboxylic acids is 1. The lowest BCUT2D eigenvalue weighted by atomic mass is 10.0. The smallest absolute Gasteiger partial charge is 0.326 e. The lowest BCUT2D eigenvalue weighted by Gasteiger charge is -2.35. The van der Waals surface area contributed by atoms with Crippen LogP contribution in [0, 0.1) is 5.92 Å². The van der Waals surface area contributed by atoms with E-state index in [2.05, 4.69) is 4.74 Å². The third-order valence-corrected chi connectivity index (χ3v) is 4.03. The maximum atomic E-state index is 12.4. The van der Waals surface area contributed by atoms with Crippen LogP contribution in [-0.4, -0.2) is 65.7 Å². The zero-order valence-corrected chi connectivity index (χ0v) is 11.6. The molecule has 2 amide bonds. The fourth-order valence-electron chi connectivity index (χ4n) is 2.89. The molecular weight excluding hydrogens is 264 g/mol. The molecule has 2 heterocycles. The number of carbonyl (C=O) groups excluding carboxylic acids is 2. The lowest BCUT2D eigenvalue weighted by molar-refractivity contribution is -0.145. The van der Waals surface area contributed by atoms with Gasteiger partial charge in [0.1, 0.15) is 6.04 Å². The van der Waals surface area contributed by atoms with E-state index in [9.17, 15) is 19.5 Å². The Labute approximate surface area is 117 Å². The van der Waals surface area contributed by atoms with E-state index < -0.39 is 12.0 Å². The van der Waals surface area contributed by atoms with Crippen molar-refractivity contribution in [3.8, 4) is 0 Å². The average molecular weight is 284 g/mol. The highest BCUT2D eigenvalue weighted by Crippen LogP contribution is 2.23. The predicted molar refractivity (Wildman–Crippen MR) is 69.1 cm³/mol. The minimum absolute atomic E-state index is 0.275. The molecule has 0 aromatic rings. The van der Waals surface area contributed by atoms with Gasteiger partial charge in [-0.1, -0.05) is 0 Å².